The second-order valence-electron chi connectivity index (χ2n) is 4.36. The van der Waals surface area contributed by atoms with E-state index in [1.165, 1.54) is 7.11 Å². The van der Waals surface area contributed by atoms with Gasteiger partial charge in [-0.2, -0.15) is 0 Å². The molecule has 0 spiro atoms. The fourth-order valence-electron chi connectivity index (χ4n) is 2.00. The Balaban J connectivity index is 2.36. The van der Waals surface area contributed by atoms with Crippen molar-refractivity contribution >= 4 is 40.2 Å². The number of rotatable bonds is 5. The second kappa shape index (κ2) is 7.29. The number of furan rings is 1. The van der Waals surface area contributed by atoms with Crippen molar-refractivity contribution < 1.29 is 13.9 Å². The first-order chi connectivity index (χ1) is 10.1. The Morgan fingerprint density at radius 1 is 1.43 bits per heavy atom. The van der Waals surface area contributed by atoms with Gasteiger partial charge in [-0.05, 0) is 59.0 Å². The Morgan fingerprint density at radius 2 is 2.19 bits per heavy atom. The van der Waals surface area contributed by atoms with Gasteiger partial charge in [0.1, 0.15) is 5.76 Å². The molecule has 1 aromatic carbocycles. The molecule has 0 radical (unpaired) electrons. The number of carbonyl (C=O) groups excluding carboxylic acids is 1. The molecule has 0 aliphatic rings. The fourth-order valence-corrected chi connectivity index (χ4v) is 2.52. The number of methoxy groups -OCH3 is 1. The van der Waals surface area contributed by atoms with E-state index in [1.807, 2.05) is 25.1 Å². The molecule has 1 unspecified atom stereocenters. The number of hydrogen-bond acceptors (Lipinski definition) is 4. The van der Waals surface area contributed by atoms with Crippen LogP contribution in [0.1, 0.15) is 34.8 Å². The highest BCUT2D eigenvalue weighted by Gasteiger charge is 2.20. The van der Waals surface area contributed by atoms with Crippen molar-refractivity contribution in [3.63, 3.8) is 0 Å². The summed E-state index contributed by atoms with van der Waals surface area (Å²) in [5, 5.41) is 4.02. The number of nitrogens with one attached hydrogen (secondary N) is 1. The Labute approximate surface area is 141 Å². The lowest BCUT2D eigenvalue weighted by Crippen LogP contribution is -2.21. The minimum Gasteiger partial charge on any atom is -0.463 e. The summed E-state index contributed by atoms with van der Waals surface area (Å²) in [6.45, 7) is 2.76. The van der Waals surface area contributed by atoms with Crippen molar-refractivity contribution in [2.75, 3.05) is 13.7 Å². The molecule has 112 valence electrons. The predicted octanol–water partition coefficient (Wildman–Crippen LogP) is 4.02. The van der Waals surface area contributed by atoms with Gasteiger partial charge in [-0.25, -0.2) is 4.79 Å². The molecule has 0 aliphatic heterocycles. The highest BCUT2D eigenvalue weighted by Crippen LogP contribution is 2.28. The second-order valence-corrected chi connectivity index (χ2v) is 5.93. The molecule has 1 heterocycles. The molecule has 1 atom stereocenters. The van der Waals surface area contributed by atoms with Crippen LogP contribution in [0.3, 0.4) is 0 Å². The van der Waals surface area contributed by atoms with E-state index >= 15 is 0 Å². The Hall–Kier alpha value is -1.05. The molecular formula is C15H15ClINO3. The monoisotopic (exact) mass is 419 g/mol. The van der Waals surface area contributed by atoms with Crippen LogP contribution in [0.5, 0.6) is 0 Å². The maximum atomic E-state index is 11.5. The molecule has 0 aliphatic carbocycles. The van der Waals surface area contributed by atoms with Crippen LogP contribution < -0.4 is 5.32 Å². The van der Waals surface area contributed by atoms with Gasteiger partial charge in [-0.15, -0.1) is 0 Å². The van der Waals surface area contributed by atoms with Gasteiger partial charge in [0.05, 0.1) is 18.2 Å². The summed E-state index contributed by atoms with van der Waals surface area (Å²) < 4.78 is 11.2. The molecule has 1 aromatic heterocycles. The Morgan fingerprint density at radius 3 is 2.81 bits per heavy atom. The van der Waals surface area contributed by atoms with Gasteiger partial charge < -0.3 is 14.5 Å². The number of benzene rings is 1. The maximum absolute atomic E-state index is 11.5. The lowest BCUT2D eigenvalue weighted by atomic mass is 10.0. The third-order valence-corrected chi connectivity index (χ3v) is 4.56. The molecule has 0 saturated heterocycles. The number of esters is 1. The minimum atomic E-state index is -0.489. The lowest BCUT2D eigenvalue weighted by molar-refractivity contribution is 0.0562. The number of carbonyl (C=O) groups is 1. The van der Waals surface area contributed by atoms with Gasteiger partial charge in [-0.3, -0.25) is 0 Å². The first-order valence-electron chi connectivity index (χ1n) is 6.43. The summed E-state index contributed by atoms with van der Waals surface area (Å²) in [7, 11) is 1.32. The van der Waals surface area contributed by atoms with Gasteiger partial charge >= 0.3 is 5.97 Å². The zero-order valence-corrected chi connectivity index (χ0v) is 14.6. The van der Waals surface area contributed by atoms with Crippen molar-refractivity contribution in [3.05, 3.63) is 56.0 Å². The first-order valence-corrected chi connectivity index (χ1v) is 7.88. The lowest BCUT2D eigenvalue weighted by Gasteiger charge is -2.16. The summed E-state index contributed by atoms with van der Waals surface area (Å²) in [6, 6.07) is 9.05. The standard InChI is InChI=1S/C15H15ClINO3/c1-3-18-14(9-4-5-11(17)10(16)8-9)12-6-7-13(21-12)15(19)20-2/h4-8,14,18H,3H2,1-2H3. The zero-order chi connectivity index (χ0) is 15.4. The van der Waals surface area contributed by atoms with Crippen molar-refractivity contribution in [1.82, 2.24) is 5.32 Å². The Bertz CT molecular complexity index is 642. The summed E-state index contributed by atoms with van der Waals surface area (Å²) >= 11 is 8.36. The van der Waals surface area contributed by atoms with Crippen LogP contribution in [0.25, 0.3) is 0 Å². The van der Waals surface area contributed by atoms with E-state index in [-0.39, 0.29) is 11.8 Å². The SMILES string of the molecule is CCNC(c1ccc(I)c(Cl)c1)c1ccc(C(=O)OC)o1. The van der Waals surface area contributed by atoms with E-state index in [2.05, 4.69) is 32.6 Å². The Kier molecular flexibility index (Phi) is 5.66. The zero-order valence-electron chi connectivity index (χ0n) is 11.7. The van der Waals surface area contributed by atoms with Crippen molar-refractivity contribution in [3.8, 4) is 0 Å². The van der Waals surface area contributed by atoms with Gasteiger partial charge in [0.25, 0.3) is 0 Å². The molecule has 0 saturated carbocycles. The van der Waals surface area contributed by atoms with Crippen molar-refractivity contribution in [1.29, 1.82) is 0 Å². The molecule has 4 nitrogen and oxygen atoms in total. The molecular weight excluding hydrogens is 405 g/mol. The topological polar surface area (TPSA) is 51.5 Å². The van der Waals surface area contributed by atoms with Crippen molar-refractivity contribution in [2.45, 2.75) is 13.0 Å². The van der Waals surface area contributed by atoms with Crippen LogP contribution in [-0.2, 0) is 4.74 Å². The molecule has 6 heteroatoms. The molecule has 21 heavy (non-hydrogen) atoms. The summed E-state index contributed by atoms with van der Waals surface area (Å²) in [4.78, 5) is 11.5. The number of halogens is 2. The van der Waals surface area contributed by atoms with Crippen molar-refractivity contribution in [2.24, 2.45) is 0 Å². The van der Waals surface area contributed by atoms with E-state index in [0.717, 1.165) is 15.7 Å². The highest BCUT2D eigenvalue weighted by atomic mass is 127. The number of hydrogen-bond donors (Lipinski definition) is 1. The van der Waals surface area contributed by atoms with Crippen LogP contribution in [0, 0.1) is 3.57 Å². The molecule has 2 rings (SSSR count). The third kappa shape index (κ3) is 3.78. The number of ether oxygens (including phenoxy) is 1. The van der Waals surface area contributed by atoms with E-state index in [4.69, 9.17) is 16.0 Å². The quantitative estimate of drug-likeness (QED) is 0.587. The van der Waals surface area contributed by atoms with E-state index < -0.39 is 5.97 Å². The fraction of sp³-hybridized carbons (Fsp3) is 0.267. The normalized spacial score (nSPS) is 12.2. The predicted molar refractivity (Wildman–Crippen MR) is 89.7 cm³/mol. The molecule has 0 amide bonds. The highest BCUT2D eigenvalue weighted by molar-refractivity contribution is 14.1. The van der Waals surface area contributed by atoms with Gasteiger partial charge in [-0.1, -0.05) is 24.6 Å². The first kappa shape index (κ1) is 16.3. The molecule has 0 bridgehead atoms. The van der Waals surface area contributed by atoms with Gasteiger partial charge in [0, 0.05) is 3.57 Å². The average molecular weight is 420 g/mol. The van der Waals surface area contributed by atoms with Gasteiger partial charge in [0.15, 0.2) is 0 Å². The molecule has 2 aromatic rings. The van der Waals surface area contributed by atoms with Crippen LogP contribution in [-0.4, -0.2) is 19.6 Å². The minimum absolute atomic E-state index is 0.164. The molecule has 1 N–H and O–H groups in total. The van der Waals surface area contributed by atoms with E-state index in [9.17, 15) is 4.79 Å². The van der Waals surface area contributed by atoms with Crippen LogP contribution in [0.4, 0.5) is 0 Å². The van der Waals surface area contributed by atoms with E-state index in [1.54, 1.807) is 12.1 Å². The smallest absolute Gasteiger partial charge is 0.373 e. The summed E-state index contributed by atoms with van der Waals surface area (Å²) in [5.41, 5.74) is 0.980. The largest absolute Gasteiger partial charge is 0.463 e. The van der Waals surface area contributed by atoms with Crippen LogP contribution >= 0.6 is 34.2 Å². The van der Waals surface area contributed by atoms with Gasteiger partial charge in [0.2, 0.25) is 5.76 Å². The third-order valence-electron chi connectivity index (χ3n) is 2.98. The van der Waals surface area contributed by atoms with E-state index in [0.29, 0.717) is 10.8 Å². The van der Waals surface area contributed by atoms with Crippen LogP contribution in [0.15, 0.2) is 34.7 Å². The summed E-state index contributed by atoms with van der Waals surface area (Å²) in [5.74, 6) is 0.346. The maximum Gasteiger partial charge on any atom is 0.373 e. The average Bonchev–Trinajstić information content (AvgIpc) is 2.96. The summed E-state index contributed by atoms with van der Waals surface area (Å²) in [6.07, 6.45) is 0. The molecule has 0 fully saturated rings. The van der Waals surface area contributed by atoms with Crippen LogP contribution in [0.2, 0.25) is 5.02 Å².